The Morgan fingerprint density at radius 2 is 2.06 bits per heavy atom. The highest BCUT2D eigenvalue weighted by Gasteiger charge is 2.12. The van der Waals surface area contributed by atoms with Gasteiger partial charge in [0.15, 0.2) is 0 Å². The number of carbonyl (C=O) groups excluding carboxylic acids is 1. The number of ether oxygens (including phenoxy) is 1. The summed E-state index contributed by atoms with van der Waals surface area (Å²) in [5.41, 5.74) is -0.346. The Balaban J connectivity index is 2.86. The van der Waals surface area contributed by atoms with Crippen molar-refractivity contribution in [1.29, 1.82) is 0 Å². The number of carbonyl (C=O) groups is 2. The first-order valence-corrected chi connectivity index (χ1v) is 4.90. The Bertz CT molecular complexity index is 445. The maximum atomic E-state index is 13.3. The summed E-state index contributed by atoms with van der Waals surface area (Å²) in [7, 11) is 0. The molecule has 0 aliphatic heterocycles. The number of halogens is 1. The van der Waals surface area contributed by atoms with Gasteiger partial charge >= 0.3 is 12.1 Å². The van der Waals surface area contributed by atoms with E-state index >= 15 is 0 Å². The lowest BCUT2D eigenvalue weighted by molar-refractivity contribution is 0.0696. The standard InChI is InChI=1S/C11H12FNO4/c1-6(2)17-11(16)13-9-5-7(10(14)15)3-4-8(9)12/h3-6H,1-2H3,(H,13,16)(H,14,15). The summed E-state index contributed by atoms with van der Waals surface area (Å²) in [6.07, 6.45) is -1.18. The lowest BCUT2D eigenvalue weighted by Crippen LogP contribution is -2.19. The van der Waals surface area contributed by atoms with Gasteiger partial charge in [-0.05, 0) is 32.0 Å². The van der Waals surface area contributed by atoms with Gasteiger partial charge in [-0.1, -0.05) is 0 Å². The van der Waals surface area contributed by atoms with E-state index in [-0.39, 0.29) is 17.4 Å². The van der Waals surface area contributed by atoms with Crippen LogP contribution in [0.25, 0.3) is 0 Å². The summed E-state index contributed by atoms with van der Waals surface area (Å²) in [5, 5.41) is 10.9. The maximum Gasteiger partial charge on any atom is 0.411 e. The molecule has 0 fully saturated rings. The molecule has 5 nitrogen and oxygen atoms in total. The molecule has 0 aliphatic rings. The number of carboxylic acid groups (broad SMARTS) is 1. The summed E-state index contributed by atoms with van der Waals surface area (Å²) < 4.78 is 18.0. The van der Waals surface area contributed by atoms with Gasteiger partial charge in [-0.3, -0.25) is 5.32 Å². The Morgan fingerprint density at radius 3 is 2.59 bits per heavy atom. The predicted octanol–water partition coefficient (Wildman–Crippen LogP) is 2.48. The molecule has 0 radical (unpaired) electrons. The van der Waals surface area contributed by atoms with Crippen molar-refractivity contribution in [2.24, 2.45) is 0 Å². The van der Waals surface area contributed by atoms with Crippen LogP contribution in [-0.4, -0.2) is 23.3 Å². The van der Waals surface area contributed by atoms with E-state index in [1.165, 1.54) is 0 Å². The number of amides is 1. The molecule has 6 heteroatoms. The molecule has 0 saturated carbocycles. The van der Waals surface area contributed by atoms with Gasteiger partial charge in [-0.15, -0.1) is 0 Å². The molecule has 1 aromatic rings. The first-order chi connectivity index (χ1) is 7.90. The normalized spacial score (nSPS) is 10.1. The third-order valence-electron chi connectivity index (χ3n) is 1.79. The van der Waals surface area contributed by atoms with Crippen molar-refractivity contribution < 1.29 is 23.8 Å². The van der Waals surface area contributed by atoms with Crippen LogP contribution in [0, 0.1) is 5.82 Å². The smallest absolute Gasteiger partial charge is 0.411 e. The van der Waals surface area contributed by atoms with E-state index in [2.05, 4.69) is 5.32 Å². The highest BCUT2D eigenvalue weighted by molar-refractivity contribution is 5.91. The third-order valence-corrected chi connectivity index (χ3v) is 1.79. The molecular formula is C11H12FNO4. The number of nitrogens with one attached hydrogen (secondary N) is 1. The van der Waals surface area contributed by atoms with Crippen molar-refractivity contribution >= 4 is 17.7 Å². The Labute approximate surface area is 97.2 Å². The average Bonchev–Trinajstić information content (AvgIpc) is 2.19. The highest BCUT2D eigenvalue weighted by atomic mass is 19.1. The first kappa shape index (κ1) is 13.0. The fourth-order valence-electron chi connectivity index (χ4n) is 1.11. The molecule has 1 rings (SSSR count). The van der Waals surface area contributed by atoms with Crippen molar-refractivity contribution in [1.82, 2.24) is 0 Å². The van der Waals surface area contributed by atoms with Crippen LogP contribution in [0.1, 0.15) is 24.2 Å². The van der Waals surface area contributed by atoms with Crippen LogP contribution in [0.4, 0.5) is 14.9 Å². The minimum Gasteiger partial charge on any atom is -0.478 e. The van der Waals surface area contributed by atoms with E-state index in [9.17, 15) is 14.0 Å². The van der Waals surface area contributed by atoms with Crippen LogP contribution in [0.2, 0.25) is 0 Å². The molecule has 92 valence electrons. The second kappa shape index (κ2) is 5.29. The topological polar surface area (TPSA) is 75.6 Å². The summed E-state index contributed by atoms with van der Waals surface area (Å²) in [6.45, 7) is 3.28. The molecular weight excluding hydrogens is 229 g/mol. The van der Waals surface area contributed by atoms with Gasteiger partial charge < -0.3 is 9.84 Å². The molecule has 0 aromatic heterocycles. The highest BCUT2D eigenvalue weighted by Crippen LogP contribution is 2.16. The van der Waals surface area contributed by atoms with Crippen LogP contribution < -0.4 is 5.32 Å². The third kappa shape index (κ3) is 3.75. The molecule has 0 spiro atoms. The van der Waals surface area contributed by atoms with Crippen LogP contribution in [-0.2, 0) is 4.74 Å². The van der Waals surface area contributed by atoms with E-state index < -0.39 is 17.9 Å². The Kier molecular flexibility index (Phi) is 4.03. The largest absolute Gasteiger partial charge is 0.478 e. The van der Waals surface area contributed by atoms with Gasteiger partial charge in [-0.2, -0.15) is 0 Å². The molecule has 1 aromatic carbocycles. The molecule has 0 aliphatic carbocycles. The number of benzene rings is 1. The van der Waals surface area contributed by atoms with Crippen molar-refractivity contribution in [2.45, 2.75) is 20.0 Å². The van der Waals surface area contributed by atoms with Gasteiger partial charge in [-0.25, -0.2) is 14.0 Å². The summed E-state index contributed by atoms with van der Waals surface area (Å²) >= 11 is 0. The zero-order chi connectivity index (χ0) is 13.0. The molecule has 2 N–H and O–H groups in total. The fraction of sp³-hybridized carbons (Fsp3) is 0.273. The number of carboxylic acids is 1. The van der Waals surface area contributed by atoms with E-state index in [1.54, 1.807) is 13.8 Å². The van der Waals surface area contributed by atoms with Crippen molar-refractivity contribution in [3.8, 4) is 0 Å². The quantitative estimate of drug-likeness (QED) is 0.852. The minimum absolute atomic E-state index is 0.119. The first-order valence-electron chi connectivity index (χ1n) is 4.90. The number of anilines is 1. The van der Waals surface area contributed by atoms with Gasteiger partial charge in [0, 0.05) is 0 Å². The second-order valence-electron chi connectivity index (χ2n) is 3.58. The maximum absolute atomic E-state index is 13.3. The number of hydrogen-bond acceptors (Lipinski definition) is 3. The molecule has 1 amide bonds. The second-order valence-corrected chi connectivity index (χ2v) is 3.58. The summed E-state index contributed by atoms with van der Waals surface area (Å²) in [5.74, 6) is -1.93. The van der Waals surface area contributed by atoms with E-state index in [0.29, 0.717) is 0 Å². The number of rotatable bonds is 3. The Morgan fingerprint density at radius 1 is 1.41 bits per heavy atom. The molecule has 0 unspecified atom stereocenters. The Hall–Kier alpha value is -2.11. The fourth-order valence-corrected chi connectivity index (χ4v) is 1.11. The lowest BCUT2D eigenvalue weighted by Gasteiger charge is -2.10. The molecule has 0 heterocycles. The monoisotopic (exact) mass is 241 g/mol. The lowest BCUT2D eigenvalue weighted by atomic mass is 10.2. The van der Waals surface area contributed by atoms with Gasteiger partial charge in [0.2, 0.25) is 0 Å². The molecule has 17 heavy (non-hydrogen) atoms. The van der Waals surface area contributed by atoms with E-state index in [4.69, 9.17) is 9.84 Å². The van der Waals surface area contributed by atoms with Gasteiger partial charge in [0.05, 0.1) is 17.4 Å². The number of aromatic carboxylic acids is 1. The summed E-state index contributed by atoms with van der Waals surface area (Å²) in [6, 6.07) is 3.10. The SMILES string of the molecule is CC(C)OC(=O)Nc1cc(C(=O)O)ccc1F. The van der Waals surface area contributed by atoms with Crippen molar-refractivity contribution in [3.05, 3.63) is 29.6 Å². The van der Waals surface area contributed by atoms with Gasteiger partial charge in [0.25, 0.3) is 0 Å². The van der Waals surface area contributed by atoms with Crippen molar-refractivity contribution in [3.63, 3.8) is 0 Å². The zero-order valence-electron chi connectivity index (χ0n) is 9.36. The van der Waals surface area contributed by atoms with Crippen LogP contribution in [0.5, 0.6) is 0 Å². The van der Waals surface area contributed by atoms with E-state index in [0.717, 1.165) is 18.2 Å². The van der Waals surface area contributed by atoms with Crippen LogP contribution in [0.15, 0.2) is 18.2 Å². The molecule has 0 atom stereocenters. The summed E-state index contributed by atoms with van der Waals surface area (Å²) in [4.78, 5) is 21.9. The van der Waals surface area contributed by atoms with Gasteiger partial charge in [0.1, 0.15) is 5.82 Å². The van der Waals surface area contributed by atoms with Crippen molar-refractivity contribution in [2.75, 3.05) is 5.32 Å². The predicted molar refractivity (Wildman–Crippen MR) is 58.6 cm³/mol. The zero-order valence-corrected chi connectivity index (χ0v) is 9.36. The average molecular weight is 241 g/mol. The molecule has 0 saturated heterocycles. The number of hydrogen-bond donors (Lipinski definition) is 2. The van der Waals surface area contributed by atoms with Crippen LogP contribution in [0.3, 0.4) is 0 Å². The van der Waals surface area contributed by atoms with E-state index in [1.807, 2.05) is 0 Å². The minimum atomic E-state index is -1.20. The molecule has 0 bridgehead atoms. The van der Waals surface area contributed by atoms with Crippen LogP contribution >= 0.6 is 0 Å².